The summed E-state index contributed by atoms with van der Waals surface area (Å²) in [4.78, 5) is 2.36. The molecule has 0 aromatic heterocycles. The Hall–Kier alpha value is -0.520. The smallest absolute Gasteiger partial charge is 0.0589 e. The van der Waals surface area contributed by atoms with Crippen LogP contribution in [0, 0.1) is 18.3 Å². The van der Waals surface area contributed by atoms with E-state index in [0.717, 1.165) is 32.7 Å². The molecule has 0 radical (unpaired) electrons. The molecule has 0 aliphatic heterocycles. The summed E-state index contributed by atoms with van der Waals surface area (Å²) >= 11 is 0. The monoisotopic (exact) mass is 183 g/mol. The number of rotatable bonds is 7. The number of methoxy groups -OCH3 is 1. The van der Waals surface area contributed by atoms with Crippen LogP contribution in [0.2, 0.25) is 0 Å². The van der Waals surface area contributed by atoms with Gasteiger partial charge in [0.1, 0.15) is 0 Å². The number of nitrogens with zero attached hydrogens (tertiary/aromatic N) is 1. The minimum Gasteiger partial charge on any atom is -0.383 e. The van der Waals surface area contributed by atoms with Crippen molar-refractivity contribution < 1.29 is 4.74 Å². The fourth-order valence-electron chi connectivity index (χ4n) is 1.25. The minimum absolute atomic E-state index is 0.689. The molecule has 0 aliphatic rings. The van der Waals surface area contributed by atoms with Gasteiger partial charge >= 0.3 is 0 Å². The van der Waals surface area contributed by atoms with Crippen LogP contribution < -0.4 is 0 Å². The highest BCUT2D eigenvalue weighted by atomic mass is 16.5. The van der Waals surface area contributed by atoms with Gasteiger partial charge < -0.3 is 4.74 Å². The predicted octanol–water partition coefficient (Wildman–Crippen LogP) is 1.61. The van der Waals surface area contributed by atoms with Gasteiger partial charge in [-0.25, -0.2) is 0 Å². The second-order valence-electron chi connectivity index (χ2n) is 3.64. The van der Waals surface area contributed by atoms with Crippen LogP contribution in [0.1, 0.15) is 20.3 Å². The Bertz CT molecular complexity index is 149. The zero-order chi connectivity index (χ0) is 10.1. The summed E-state index contributed by atoms with van der Waals surface area (Å²) in [5.74, 6) is 3.35. The summed E-state index contributed by atoms with van der Waals surface area (Å²) in [6.45, 7) is 8.29. The van der Waals surface area contributed by atoms with Crippen molar-refractivity contribution in [1.82, 2.24) is 4.90 Å². The molecule has 0 rings (SSSR count). The maximum absolute atomic E-state index is 5.23. The van der Waals surface area contributed by atoms with E-state index in [4.69, 9.17) is 11.2 Å². The normalized spacial score (nSPS) is 10.8. The van der Waals surface area contributed by atoms with Gasteiger partial charge in [0.05, 0.1) is 6.61 Å². The van der Waals surface area contributed by atoms with E-state index >= 15 is 0 Å². The van der Waals surface area contributed by atoms with Gasteiger partial charge in [0.25, 0.3) is 0 Å². The highest BCUT2D eigenvalue weighted by Gasteiger charge is 2.05. The fourth-order valence-corrected chi connectivity index (χ4v) is 1.25. The number of ether oxygens (including phenoxy) is 1. The zero-order valence-electron chi connectivity index (χ0n) is 9.05. The molecule has 0 N–H and O–H groups in total. The van der Waals surface area contributed by atoms with Crippen molar-refractivity contribution in [3.8, 4) is 12.3 Å². The Kier molecular flexibility index (Phi) is 7.77. The molecule has 76 valence electrons. The first-order valence-corrected chi connectivity index (χ1v) is 4.85. The Morgan fingerprint density at radius 2 is 2.08 bits per heavy atom. The van der Waals surface area contributed by atoms with Gasteiger partial charge in [-0.15, -0.1) is 12.3 Å². The van der Waals surface area contributed by atoms with Gasteiger partial charge in [-0.3, -0.25) is 4.90 Å². The molecular formula is C11H21NO. The van der Waals surface area contributed by atoms with Gasteiger partial charge in [-0.05, 0) is 5.92 Å². The first-order chi connectivity index (χ1) is 6.20. The molecule has 0 spiro atoms. The van der Waals surface area contributed by atoms with Gasteiger partial charge in [-0.1, -0.05) is 13.8 Å². The first kappa shape index (κ1) is 12.5. The second-order valence-corrected chi connectivity index (χ2v) is 3.64. The summed E-state index contributed by atoms with van der Waals surface area (Å²) in [7, 11) is 1.73. The van der Waals surface area contributed by atoms with Crippen LogP contribution >= 0.6 is 0 Å². The third kappa shape index (κ3) is 7.83. The number of hydrogen-bond acceptors (Lipinski definition) is 2. The van der Waals surface area contributed by atoms with Crippen molar-refractivity contribution in [2.75, 3.05) is 33.4 Å². The quantitative estimate of drug-likeness (QED) is 0.556. The van der Waals surface area contributed by atoms with E-state index in [1.54, 1.807) is 7.11 Å². The molecule has 0 atom stereocenters. The molecule has 0 saturated heterocycles. The van der Waals surface area contributed by atoms with Crippen LogP contribution in [0.25, 0.3) is 0 Å². The lowest BCUT2D eigenvalue weighted by atomic mass is 10.2. The first-order valence-electron chi connectivity index (χ1n) is 4.85. The number of hydrogen-bond donors (Lipinski definition) is 0. The summed E-state index contributed by atoms with van der Waals surface area (Å²) in [6.07, 6.45) is 6.06. The zero-order valence-corrected chi connectivity index (χ0v) is 9.05. The molecular weight excluding hydrogens is 162 g/mol. The highest BCUT2D eigenvalue weighted by Crippen LogP contribution is 1.99. The van der Waals surface area contributed by atoms with Crippen LogP contribution in [0.4, 0.5) is 0 Å². The van der Waals surface area contributed by atoms with Crippen LogP contribution in [0.5, 0.6) is 0 Å². The Morgan fingerprint density at radius 3 is 2.54 bits per heavy atom. The molecule has 2 nitrogen and oxygen atoms in total. The lowest BCUT2D eigenvalue weighted by molar-refractivity contribution is 0.141. The minimum atomic E-state index is 0.689. The lowest BCUT2D eigenvalue weighted by Gasteiger charge is -2.22. The van der Waals surface area contributed by atoms with Crippen molar-refractivity contribution in [2.24, 2.45) is 5.92 Å². The van der Waals surface area contributed by atoms with E-state index in [0.29, 0.717) is 5.92 Å². The molecule has 0 aliphatic carbocycles. The predicted molar refractivity (Wildman–Crippen MR) is 56.6 cm³/mol. The van der Waals surface area contributed by atoms with E-state index in [-0.39, 0.29) is 0 Å². The highest BCUT2D eigenvalue weighted by molar-refractivity contribution is 4.84. The van der Waals surface area contributed by atoms with Gasteiger partial charge in [0, 0.05) is 33.2 Å². The largest absolute Gasteiger partial charge is 0.383 e. The Morgan fingerprint density at radius 1 is 1.38 bits per heavy atom. The van der Waals surface area contributed by atoms with E-state index in [9.17, 15) is 0 Å². The molecule has 13 heavy (non-hydrogen) atoms. The standard InChI is InChI=1S/C11H21NO/c1-5-6-7-12(8-9-13-4)10-11(2)3/h1,11H,6-10H2,2-4H3. The fraction of sp³-hybridized carbons (Fsp3) is 0.818. The molecule has 0 unspecified atom stereocenters. The van der Waals surface area contributed by atoms with E-state index in [2.05, 4.69) is 24.7 Å². The average Bonchev–Trinajstić information content (AvgIpc) is 2.09. The molecule has 0 aromatic carbocycles. The van der Waals surface area contributed by atoms with Crippen molar-refractivity contribution in [3.05, 3.63) is 0 Å². The van der Waals surface area contributed by atoms with Gasteiger partial charge in [0.2, 0.25) is 0 Å². The topological polar surface area (TPSA) is 12.5 Å². The second kappa shape index (κ2) is 8.10. The Balaban J connectivity index is 3.67. The molecule has 0 bridgehead atoms. The third-order valence-corrected chi connectivity index (χ3v) is 1.81. The van der Waals surface area contributed by atoms with Crippen LogP contribution in [0.15, 0.2) is 0 Å². The molecule has 0 amide bonds. The van der Waals surface area contributed by atoms with Crippen molar-refractivity contribution >= 4 is 0 Å². The summed E-state index contributed by atoms with van der Waals surface area (Å²) in [5, 5.41) is 0. The van der Waals surface area contributed by atoms with Crippen molar-refractivity contribution in [2.45, 2.75) is 20.3 Å². The summed E-state index contributed by atoms with van der Waals surface area (Å²) < 4.78 is 5.04. The van der Waals surface area contributed by atoms with Crippen molar-refractivity contribution in [1.29, 1.82) is 0 Å². The third-order valence-electron chi connectivity index (χ3n) is 1.81. The Labute approximate surface area is 82.3 Å². The maximum Gasteiger partial charge on any atom is 0.0589 e. The van der Waals surface area contributed by atoms with Crippen LogP contribution in [-0.2, 0) is 4.74 Å². The van der Waals surface area contributed by atoms with Crippen LogP contribution in [0.3, 0.4) is 0 Å². The number of terminal acetylenes is 1. The molecule has 0 aromatic rings. The van der Waals surface area contributed by atoms with E-state index in [1.165, 1.54) is 0 Å². The van der Waals surface area contributed by atoms with Crippen molar-refractivity contribution in [3.63, 3.8) is 0 Å². The molecule has 2 heteroatoms. The van der Waals surface area contributed by atoms with E-state index in [1.807, 2.05) is 0 Å². The van der Waals surface area contributed by atoms with E-state index < -0.39 is 0 Å². The van der Waals surface area contributed by atoms with Gasteiger partial charge in [0.15, 0.2) is 0 Å². The SMILES string of the molecule is C#CCCN(CCOC)CC(C)C. The molecule has 0 saturated carbocycles. The van der Waals surface area contributed by atoms with Gasteiger partial charge in [-0.2, -0.15) is 0 Å². The molecule has 0 fully saturated rings. The average molecular weight is 183 g/mol. The summed E-state index contributed by atoms with van der Waals surface area (Å²) in [5.41, 5.74) is 0. The lowest BCUT2D eigenvalue weighted by Crippen LogP contribution is -2.31. The maximum atomic E-state index is 5.23. The molecule has 0 heterocycles. The summed E-state index contributed by atoms with van der Waals surface area (Å²) in [6, 6.07) is 0. The van der Waals surface area contributed by atoms with Crippen LogP contribution in [-0.4, -0.2) is 38.3 Å².